The summed E-state index contributed by atoms with van der Waals surface area (Å²) in [5.41, 5.74) is 0.398. The number of carbonyl (C=O) groups is 1. The molecule has 3 aromatic rings. The van der Waals surface area contributed by atoms with Gasteiger partial charge in [0, 0.05) is 0 Å². The molecule has 0 unspecified atom stereocenters. The van der Waals surface area contributed by atoms with Crippen LogP contribution in [0.5, 0.6) is 11.5 Å². The van der Waals surface area contributed by atoms with Crippen molar-refractivity contribution in [2.45, 2.75) is 26.7 Å². The molecular formula is C25H28O4Si. The lowest BCUT2D eigenvalue weighted by Crippen LogP contribution is -2.47. The molecule has 4 nitrogen and oxygen atoms in total. The van der Waals surface area contributed by atoms with Gasteiger partial charge in [0.2, 0.25) is 0 Å². The first-order valence-corrected chi connectivity index (χ1v) is 12.1. The van der Waals surface area contributed by atoms with Crippen LogP contribution < -0.4 is 19.5 Å². The third kappa shape index (κ3) is 5.51. The van der Waals surface area contributed by atoms with E-state index in [0.717, 1.165) is 23.2 Å². The van der Waals surface area contributed by atoms with Crippen molar-refractivity contribution in [2.24, 2.45) is 0 Å². The van der Waals surface area contributed by atoms with Crippen molar-refractivity contribution in [3.63, 3.8) is 0 Å². The largest absolute Gasteiger partial charge is 0.534 e. The minimum atomic E-state index is -2.12. The Labute approximate surface area is 180 Å². The second kappa shape index (κ2) is 11.2. The van der Waals surface area contributed by atoms with Crippen LogP contribution in [0.1, 0.15) is 37.0 Å². The molecule has 0 radical (unpaired) electrons. The highest BCUT2D eigenvalue weighted by Gasteiger charge is 2.25. The van der Waals surface area contributed by atoms with Crippen molar-refractivity contribution in [1.29, 1.82) is 0 Å². The highest BCUT2D eigenvalue weighted by atomic mass is 28.3. The Morgan fingerprint density at radius 2 is 1.47 bits per heavy atom. The van der Waals surface area contributed by atoms with Gasteiger partial charge in [0.05, 0.1) is 13.2 Å². The number of unbranched alkanes of at least 4 members (excludes halogenated alkanes) is 1. The Hall–Kier alpha value is -3.05. The molecule has 3 aromatic carbocycles. The van der Waals surface area contributed by atoms with Crippen LogP contribution in [-0.2, 0) is 4.74 Å². The topological polar surface area (TPSA) is 44.8 Å². The molecule has 0 atom stereocenters. The molecule has 30 heavy (non-hydrogen) atoms. The molecule has 0 aromatic heterocycles. The van der Waals surface area contributed by atoms with E-state index in [1.165, 1.54) is 0 Å². The molecule has 156 valence electrons. The number of esters is 1. The summed E-state index contributed by atoms with van der Waals surface area (Å²) in [4.78, 5) is 12.7. The predicted molar refractivity (Wildman–Crippen MR) is 123 cm³/mol. The maximum absolute atomic E-state index is 12.7. The van der Waals surface area contributed by atoms with Gasteiger partial charge in [-0.25, -0.2) is 4.79 Å². The molecule has 3 rings (SSSR count). The lowest BCUT2D eigenvalue weighted by Gasteiger charge is -2.22. The van der Waals surface area contributed by atoms with E-state index in [1.807, 2.05) is 48.5 Å². The van der Waals surface area contributed by atoms with Gasteiger partial charge >= 0.3 is 5.97 Å². The number of hydrogen-bond donors (Lipinski definition) is 0. The fourth-order valence-corrected chi connectivity index (χ4v) is 5.43. The summed E-state index contributed by atoms with van der Waals surface area (Å²) in [6.07, 6.45) is 1.96. The zero-order valence-corrected chi connectivity index (χ0v) is 18.7. The summed E-state index contributed by atoms with van der Waals surface area (Å²) in [7, 11) is -2.12. The SMILES string of the molecule is CCCCOc1cccc(C(=O)OCC)c1O[SiH](c1ccccc1)c1ccccc1. The van der Waals surface area contributed by atoms with Gasteiger partial charge in [-0.2, -0.15) is 0 Å². The summed E-state index contributed by atoms with van der Waals surface area (Å²) < 4.78 is 18.0. The van der Waals surface area contributed by atoms with Gasteiger partial charge in [0.15, 0.2) is 11.5 Å². The van der Waals surface area contributed by atoms with E-state index in [4.69, 9.17) is 13.9 Å². The fourth-order valence-electron chi connectivity index (χ4n) is 3.15. The standard InChI is InChI=1S/C25H28O4Si/c1-3-5-19-28-23-18-12-17-22(25(26)27-4-2)24(23)29-30(20-13-8-6-9-14-20)21-15-10-7-11-16-21/h6-18,30H,3-5,19H2,1-2H3. The van der Waals surface area contributed by atoms with Crippen molar-refractivity contribution in [2.75, 3.05) is 13.2 Å². The molecule has 0 aliphatic rings. The molecule has 0 aliphatic carbocycles. The molecule has 0 amide bonds. The van der Waals surface area contributed by atoms with Crippen LogP contribution in [-0.4, -0.2) is 28.2 Å². The van der Waals surface area contributed by atoms with E-state index in [-0.39, 0.29) is 0 Å². The maximum Gasteiger partial charge on any atom is 0.342 e. The number of carbonyl (C=O) groups excluding carboxylic acids is 1. The van der Waals surface area contributed by atoms with E-state index in [9.17, 15) is 4.79 Å². The minimum Gasteiger partial charge on any atom is -0.534 e. The number of rotatable bonds is 10. The van der Waals surface area contributed by atoms with Gasteiger partial charge in [-0.05, 0) is 35.9 Å². The van der Waals surface area contributed by atoms with Gasteiger partial charge in [0.25, 0.3) is 9.04 Å². The second-order valence-electron chi connectivity index (χ2n) is 6.87. The van der Waals surface area contributed by atoms with Crippen LogP contribution in [0, 0.1) is 0 Å². The summed E-state index contributed by atoms with van der Waals surface area (Å²) in [6.45, 7) is 4.79. The predicted octanol–water partition coefficient (Wildman–Crippen LogP) is 3.96. The van der Waals surface area contributed by atoms with Crippen LogP contribution >= 0.6 is 0 Å². The molecule has 0 aliphatic heterocycles. The van der Waals surface area contributed by atoms with E-state index in [2.05, 4.69) is 31.2 Å². The van der Waals surface area contributed by atoms with Crippen LogP contribution in [0.2, 0.25) is 0 Å². The van der Waals surface area contributed by atoms with Crippen molar-refractivity contribution < 1.29 is 18.7 Å². The number of benzene rings is 3. The normalized spacial score (nSPS) is 10.6. The molecule has 5 heteroatoms. The molecule has 0 saturated heterocycles. The smallest absolute Gasteiger partial charge is 0.342 e. The first kappa shape index (κ1) is 21.7. The Morgan fingerprint density at radius 3 is 2.03 bits per heavy atom. The molecule has 0 saturated carbocycles. The van der Waals surface area contributed by atoms with Gasteiger partial charge < -0.3 is 13.9 Å². The molecule has 0 bridgehead atoms. The summed E-state index contributed by atoms with van der Waals surface area (Å²) in [5, 5.41) is 2.25. The Kier molecular flexibility index (Phi) is 8.09. The van der Waals surface area contributed by atoms with E-state index in [1.54, 1.807) is 13.0 Å². The summed E-state index contributed by atoms with van der Waals surface area (Å²) >= 11 is 0. The molecule has 0 fully saturated rings. The summed E-state index contributed by atoms with van der Waals surface area (Å²) in [6, 6.07) is 25.7. The minimum absolute atomic E-state index is 0.303. The quantitative estimate of drug-likeness (QED) is 0.283. The first-order chi connectivity index (χ1) is 14.7. The first-order valence-electron chi connectivity index (χ1n) is 10.4. The van der Waals surface area contributed by atoms with Crippen molar-refractivity contribution in [3.8, 4) is 11.5 Å². The van der Waals surface area contributed by atoms with Crippen LogP contribution in [0.25, 0.3) is 0 Å². The average molecular weight is 421 g/mol. The van der Waals surface area contributed by atoms with Crippen LogP contribution in [0.3, 0.4) is 0 Å². The molecule has 0 N–H and O–H groups in total. The fraction of sp³-hybridized carbons (Fsp3) is 0.240. The monoisotopic (exact) mass is 420 g/mol. The van der Waals surface area contributed by atoms with Crippen molar-refractivity contribution in [3.05, 3.63) is 84.4 Å². The highest BCUT2D eigenvalue weighted by molar-refractivity contribution is 6.80. The Bertz CT molecular complexity index is 889. The lowest BCUT2D eigenvalue weighted by atomic mass is 10.2. The highest BCUT2D eigenvalue weighted by Crippen LogP contribution is 2.32. The van der Waals surface area contributed by atoms with Crippen LogP contribution in [0.15, 0.2) is 78.9 Å². The second-order valence-corrected chi connectivity index (χ2v) is 9.20. The van der Waals surface area contributed by atoms with Gasteiger partial charge in [-0.1, -0.05) is 80.1 Å². The van der Waals surface area contributed by atoms with E-state index < -0.39 is 15.0 Å². The number of para-hydroxylation sites is 1. The molecular weight excluding hydrogens is 392 g/mol. The zero-order valence-electron chi connectivity index (χ0n) is 17.5. The van der Waals surface area contributed by atoms with E-state index in [0.29, 0.717) is 30.3 Å². The average Bonchev–Trinajstić information content (AvgIpc) is 2.79. The number of hydrogen-bond acceptors (Lipinski definition) is 4. The third-order valence-corrected chi connectivity index (χ3v) is 7.12. The zero-order chi connectivity index (χ0) is 21.2. The van der Waals surface area contributed by atoms with Gasteiger partial charge in [-0.3, -0.25) is 0 Å². The molecule has 0 spiro atoms. The van der Waals surface area contributed by atoms with Gasteiger partial charge in [0.1, 0.15) is 5.56 Å². The Balaban J connectivity index is 2.04. The molecule has 0 heterocycles. The van der Waals surface area contributed by atoms with Gasteiger partial charge in [-0.15, -0.1) is 0 Å². The Morgan fingerprint density at radius 1 is 0.833 bits per heavy atom. The van der Waals surface area contributed by atoms with E-state index >= 15 is 0 Å². The maximum atomic E-state index is 12.7. The third-order valence-electron chi connectivity index (χ3n) is 4.67. The lowest BCUT2D eigenvalue weighted by molar-refractivity contribution is 0.0523. The summed E-state index contributed by atoms with van der Waals surface area (Å²) in [5.74, 6) is 0.650. The number of ether oxygens (including phenoxy) is 2. The van der Waals surface area contributed by atoms with Crippen molar-refractivity contribution in [1.82, 2.24) is 0 Å². The van der Waals surface area contributed by atoms with Crippen LogP contribution in [0.4, 0.5) is 0 Å². The van der Waals surface area contributed by atoms with Crippen molar-refractivity contribution >= 4 is 25.4 Å².